The molecule has 0 aliphatic rings. The molecule has 2 rings (SSSR count). The van der Waals surface area contributed by atoms with E-state index >= 15 is 0 Å². The summed E-state index contributed by atoms with van der Waals surface area (Å²) in [5.74, 6) is 0. The first kappa shape index (κ1) is 17.7. The van der Waals surface area contributed by atoms with Crippen LogP contribution in [0.2, 0.25) is 5.02 Å². The highest BCUT2D eigenvalue weighted by Gasteiger charge is 2.16. The third-order valence-electron chi connectivity index (χ3n) is 3.58. The Morgan fingerprint density at radius 1 is 1.29 bits per heavy atom. The van der Waals surface area contributed by atoms with Crippen LogP contribution in [0.3, 0.4) is 0 Å². The van der Waals surface area contributed by atoms with Crippen LogP contribution in [-0.2, 0) is 6.54 Å². The van der Waals surface area contributed by atoms with Crippen LogP contribution in [0.15, 0.2) is 48.5 Å². The van der Waals surface area contributed by atoms with E-state index in [1.807, 2.05) is 12.1 Å². The molecule has 0 aromatic heterocycles. The lowest BCUT2D eigenvalue weighted by Crippen LogP contribution is -2.38. The molecular formula is C17H18ClN3O3. The van der Waals surface area contributed by atoms with Gasteiger partial charge in [-0.1, -0.05) is 35.9 Å². The fourth-order valence-corrected chi connectivity index (χ4v) is 2.48. The fraction of sp³-hybridized carbons (Fsp3) is 0.235. The lowest BCUT2D eigenvalue weighted by atomic mass is 10.1. The molecule has 126 valence electrons. The number of rotatable bonds is 5. The van der Waals surface area contributed by atoms with E-state index in [9.17, 15) is 14.9 Å². The highest BCUT2D eigenvalue weighted by molar-refractivity contribution is 6.30. The number of carbonyl (C=O) groups excluding carboxylic acids is 1. The van der Waals surface area contributed by atoms with E-state index in [1.54, 1.807) is 38.2 Å². The van der Waals surface area contributed by atoms with Crippen LogP contribution in [0.5, 0.6) is 0 Å². The summed E-state index contributed by atoms with van der Waals surface area (Å²) in [6.07, 6.45) is 0. The third kappa shape index (κ3) is 4.70. The molecule has 1 unspecified atom stereocenters. The predicted octanol–water partition coefficient (Wildman–Crippen LogP) is 4.15. The second-order valence-corrected chi connectivity index (χ2v) is 5.95. The summed E-state index contributed by atoms with van der Waals surface area (Å²) in [6, 6.07) is 12.9. The van der Waals surface area contributed by atoms with Crippen molar-refractivity contribution >= 4 is 23.3 Å². The van der Waals surface area contributed by atoms with Gasteiger partial charge in [0.2, 0.25) is 0 Å². The number of nitrogens with zero attached hydrogens (tertiary/aromatic N) is 2. The van der Waals surface area contributed by atoms with Gasteiger partial charge in [0.25, 0.3) is 5.69 Å². The molecular weight excluding hydrogens is 330 g/mol. The molecule has 0 heterocycles. The Bertz CT molecular complexity index is 751. The first-order valence-electron chi connectivity index (χ1n) is 7.37. The molecule has 0 aliphatic carbocycles. The minimum Gasteiger partial charge on any atom is -0.331 e. The first-order valence-corrected chi connectivity index (χ1v) is 7.75. The zero-order valence-corrected chi connectivity index (χ0v) is 14.2. The molecule has 2 aromatic carbocycles. The molecule has 0 spiro atoms. The van der Waals surface area contributed by atoms with Gasteiger partial charge in [-0.15, -0.1) is 0 Å². The van der Waals surface area contributed by atoms with Crippen LogP contribution in [0.25, 0.3) is 0 Å². The van der Waals surface area contributed by atoms with Crippen molar-refractivity contribution in [3.8, 4) is 0 Å². The molecule has 0 bridgehead atoms. The molecule has 0 fully saturated rings. The van der Waals surface area contributed by atoms with E-state index in [0.29, 0.717) is 17.1 Å². The van der Waals surface area contributed by atoms with Crippen LogP contribution in [0.1, 0.15) is 24.1 Å². The van der Waals surface area contributed by atoms with Crippen molar-refractivity contribution in [1.82, 2.24) is 10.2 Å². The van der Waals surface area contributed by atoms with Gasteiger partial charge in [0, 0.05) is 30.7 Å². The minimum atomic E-state index is -0.455. The molecule has 7 heteroatoms. The number of nitrogens with one attached hydrogen (secondary N) is 1. The van der Waals surface area contributed by atoms with Gasteiger partial charge in [-0.3, -0.25) is 10.1 Å². The van der Waals surface area contributed by atoms with E-state index in [0.717, 1.165) is 5.56 Å². The van der Waals surface area contributed by atoms with Crippen molar-refractivity contribution in [2.45, 2.75) is 19.5 Å². The maximum absolute atomic E-state index is 12.3. The van der Waals surface area contributed by atoms with E-state index in [-0.39, 0.29) is 17.8 Å². The number of nitro groups is 1. The highest BCUT2D eigenvalue weighted by atomic mass is 35.5. The van der Waals surface area contributed by atoms with Crippen LogP contribution >= 0.6 is 11.6 Å². The fourth-order valence-electron chi connectivity index (χ4n) is 2.27. The van der Waals surface area contributed by atoms with Crippen molar-refractivity contribution in [3.63, 3.8) is 0 Å². The molecule has 1 atom stereocenters. The lowest BCUT2D eigenvalue weighted by Gasteiger charge is -2.21. The number of hydrogen-bond acceptors (Lipinski definition) is 3. The SMILES string of the molecule is CC(NC(=O)N(C)Cc1cccc(Cl)c1)c1cccc([N+](=O)[O-])c1. The maximum Gasteiger partial charge on any atom is 0.317 e. The third-order valence-corrected chi connectivity index (χ3v) is 3.81. The Kier molecular flexibility index (Phi) is 5.76. The number of nitro benzene ring substituents is 1. The summed E-state index contributed by atoms with van der Waals surface area (Å²) >= 11 is 5.94. The van der Waals surface area contributed by atoms with E-state index in [1.165, 1.54) is 17.0 Å². The summed E-state index contributed by atoms with van der Waals surface area (Å²) < 4.78 is 0. The quantitative estimate of drug-likeness (QED) is 0.652. The Balaban J connectivity index is 2.00. The maximum atomic E-state index is 12.3. The Labute approximate surface area is 145 Å². The molecule has 1 N–H and O–H groups in total. The predicted molar refractivity (Wildman–Crippen MR) is 93.0 cm³/mol. The Hall–Kier alpha value is -2.60. The molecule has 0 aliphatic heterocycles. The first-order chi connectivity index (χ1) is 11.4. The molecule has 6 nitrogen and oxygen atoms in total. The largest absolute Gasteiger partial charge is 0.331 e. The summed E-state index contributed by atoms with van der Waals surface area (Å²) in [7, 11) is 1.68. The summed E-state index contributed by atoms with van der Waals surface area (Å²) in [5.41, 5.74) is 1.60. The standard InChI is InChI=1S/C17H18ClN3O3/c1-12(14-6-4-8-16(10-14)21(23)24)19-17(22)20(2)11-13-5-3-7-15(18)9-13/h3-10,12H,11H2,1-2H3,(H,19,22). The zero-order valence-electron chi connectivity index (χ0n) is 13.4. The van der Waals surface area contributed by atoms with Crippen LogP contribution < -0.4 is 5.32 Å². The molecule has 24 heavy (non-hydrogen) atoms. The molecule has 0 radical (unpaired) electrons. The second-order valence-electron chi connectivity index (χ2n) is 5.51. The summed E-state index contributed by atoms with van der Waals surface area (Å²) in [5, 5.41) is 14.3. The Morgan fingerprint density at radius 3 is 2.67 bits per heavy atom. The molecule has 0 saturated heterocycles. The lowest BCUT2D eigenvalue weighted by molar-refractivity contribution is -0.384. The van der Waals surface area contributed by atoms with Crippen LogP contribution in [0, 0.1) is 10.1 Å². The number of hydrogen-bond donors (Lipinski definition) is 1. The van der Waals surface area contributed by atoms with E-state index in [4.69, 9.17) is 11.6 Å². The average molecular weight is 348 g/mol. The van der Waals surface area contributed by atoms with Gasteiger partial charge < -0.3 is 10.2 Å². The van der Waals surface area contributed by atoms with Gasteiger partial charge in [0.1, 0.15) is 0 Å². The van der Waals surface area contributed by atoms with Crippen molar-refractivity contribution < 1.29 is 9.72 Å². The number of non-ortho nitro benzene ring substituents is 1. The van der Waals surface area contributed by atoms with Crippen LogP contribution in [0.4, 0.5) is 10.5 Å². The summed E-state index contributed by atoms with van der Waals surface area (Å²) in [4.78, 5) is 24.2. The molecule has 2 aromatic rings. The van der Waals surface area contributed by atoms with E-state index in [2.05, 4.69) is 5.32 Å². The number of carbonyl (C=O) groups is 1. The zero-order chi connectivity index (χ0) is 17.7. The monoisotopic (exact) mass is 347 g/mol. The van der Waals surface area contributed by atoms with Gasteiger partial charge in [-0.05, 0) is 30.2 Å². The smallest absolute Gasteiger partial charge is 0.317 e. The van der Waals surface area contributed by atoms with Gasteiger partial charge in [0.15, 0.2) is 0 Å². The van der Waals surface area contributed by atoms with Crippen molar-refractivity contribution in [2.75, 3.05) is 7.05 Å². The normalized spacial score (nSPS) is 11.6. The van der Waals surface area contributed by atoms with E-state index < -0.39 is 4.92 Å². The topological polar surface area (TPSA) is 75.5 Å². The molecule has 0 saturated carbocycles. The number of benzene rings is 2. The summed E-state index contributed by atoms with van der Waals surface area (Å²) in [6.45, 7) is 2.19. The number of amides is 2. The number of urea groups is 1. The van der Waals surface area contributed by atoms with Gasteiger partial charge in [-0.2, -0.15) is 0 Å². The molecule has 2 amide bonds. The van der Waals surface area contributed by atoms with Crippen molar-refractivity contribution in [1.29, 1.82) is 0 Å². The van der Waals surface area contributed by atoms with Gasteiger partial charge in [-0.25, -0.2) is 4.79 Å². The van der Waals surface area contributed by atoms with Gasteiger partial charge in [0.05, 0.1) is 11.0 Å². The Morgan fingerprint density at radius 2 is 2.00 bits per heavy atom. The second kappa shape index (κ2) is 7.79. The van der Waals surface area contributed by atoms with Crippen molar-refractivity contribution in [3.05, 3.63) is 74.8 Å². The average Bonchev–Trinajstić information content (AvgIpc) is 2.54. The van der Waals surface area contributed by atoms with Crippen LogP contribution in [-0.4, -0.2) is 22.9 Å². The highest BCUT2D eigenvalue weighted by Crippen LogP contribution is 2.19. The van der Waals surface area contributed by atoms with Crippen molar-refractivity contribution in [2.24, 2.45) is 0 Å². The minimum absolute atomic E-state index is 0.000816. The number of halogens is 1. The van der Waals surface area contributed by atoms with Gasteiger partial charge >= 0.3 is 6.03 Å².